The zero-order valence-electron chi connectivity index (χ0n) is 10.2. The van der Waals surface area contributed by atoms with Crippen LogP contribution in [0.4, 0.5) is 0 Å². The van der Waals surface area contributed by atoms with Crippen molar-refractivity contribution in [3.63, 3.8) is 0 Å². The van der Waals surface area contributed by atoms with E-state index in [-0.39, 0.29) is 11.8 Å². The highest BCUT2D eigenvalue weighted by Gasteiger charge is 2.12. The van der Waals surface area contributed by atoms with Crippen LogP contribution >= 0.6 is 0 Å². The molecule has 4 nitrogen and oxygen atoms in total. The van der Waals surface area contributed by atoms with E-state index in [1.54, 1.807) is 0 Å². The molecular formula is C13H17N3O. The molecule has 1 heterocycles. The Bertz CT molecular complexity index is 543. The third-order valence-electron chi connectivity index (χ3n) is 2.75. The fraction of sp³-hybridized carbons (Fsp3) is 0.385. The molecule has 17 heavy (non-hydrogen) atoms. The molecular weight excluding hydrogens is 214 g/mol. The maximum Gasteiger partial charge on any atom is 0.140 e. The maximum absolute atomic E-state index is 11.7. The van der Waals surface area contributed by atoms with Gasteiger partial charge in [0.25, 0.3) is 0 Å². The van der Waals surface area contributed by atoms with Crippen LogP contribution < -0.4 is 5.73 Å². The molecule has 0 amide bonds. The summed E-state index contributed by atoms with van der Waals surface area (Å²) >= 11 is 0. The lowest BCUT2D eigenvalue weighted by atomic mass is 10.1. The summed E-state index contributed by atoms with van der Waals surface area (Å²) < 4.78 is 1.81. The molecule has 0 bridgehead atoms. The Morgan fingerprint density at radius 3 is 2.88 bits per heavy atom. The van der Waals surface area contributed by atoms with E-state index >= 15 is 0 Å². The van der Waals surface area contributed by atoms with E-state index in [9.17, 15) is 4.79 Å². The number of carbonyl (C=O) groups excluding carboxylic acids is 1. The fourth-order valence-corrected chi connectivity index (χ4v) is 2.04. The van der Waals surface area contributed by atoms with E-state index in [0.29, 0.717) is 12.8 Å². The zero-order chi connectivity index (χ0) is 12.4. The van der Waals surface area contributed by atoms with Crippen LogP contribution in [0.2, 0.25) is 0 Å². The number of hydrogen-bond acceptors (Lipinski definition) is 3. The van der Waals surface area contributed by atoms with Gasteiger partial charge in [-0.1, -0.05) is 18.2 Å². The van der Waals surface area contributed by atoms with Gasteiger partial charge in [0.2, 0.25) is 0 Å². The number of carbonyl (C=O) groups is 1. The molecule has 0 saturated heterocycles. The minimum atomic E-state index is -0.0857. The first-order chi connectivity index (χ1) is 8.08. The molecule has 2 N–H and O–H groups in total. The van der Waals surface area contributed by atoms with Crippen molar-refractivity contribution in [2.75, 3.05) is 0 Å². The van der Waals surface area contributed by atoms with Crippen LogP contribution in [0, 0.1) is 0 Å². The summed E-state index contributed by atoms with van der Waals surface area (Å²) in [5.74, 6) is 0.142. The number of nitrogens with two attached hydrogens (primary N) is 1. The molecule has 0 radical (unpaired) electrons. The Morgan fingerprint density at radius 2 is 2.18 bits per heavy atom. The Morgan fingerprint density at radius 1 is 1.47 bits per heavy atom. The Labute approximate surface area is 100 Å². The van der Waals surface area contributed by atoms with Gasteiger partial charge in [0.1, 0.15) is 5.78 Å². The van der Waals surface area contributed by atoms with E-state index < -0.39 is 0 Å². The highest BCUT2D eigenvalue weighted by molar-refractivity contribution is 5.88. The van der Waals surface area contributed by atoms with Gasteiger partial charge >= 0.3 is 0 Å². The lowest BCUT2D eigenvalue weighted by Crippen LogP contribution is -2.20. The van der Waals surface area contributed by atoms with Gasteiger partial charge in [0, 0.05) is 24.9 Å². The highest BCUT2D eigenvalue weighted by atomic mass is 16.1. The molecule has 1 aromatic heterocycles. The van der Waals surface area contributed by atoms with Gasteiger partial charge in [0.05, 0.1) is 17.6 Å². The summed E-state index contributed by atoms with van der Waals surface area (Å²) in [5, 5.41) is 5.44. The highest BCUT2D eigenvalue weighted by Crippen LogP contribution is 2.18. The molecule has 1 unspecified atom stereocenters. The van der Waals surface area contributed by atoms with Crippen molar-refractivity contribution in [3.05, 3.63) is 30.0 Å². The van der Waals surface area contributed by atoms with Crippen LogP contribution in [0.1, 0.15) is 19.0 Å². The number of para-hydroxylation sites is 1. The SMILES string of the molecule is CC(N)CC(=O)Cc1nn(C)c2ccccc12. The number of hydrogen-bond donors (Lipinski definition) is 1. The van der Waals surface area contributed by atoms with Gasteiger partial charge in [-0.2, -0.15) is 5.10 Å². The van der Waals surface area contributed by atoms with Gasteiger partial charge < -0.3 is 5.73 Å². The first-order valence-corrected chi connectivity index (χ1v) is 5.76. The minimum Gasteiger partial charge on any atom is -0.328 e. The quantitative estimate of drug-likeness (QED) is 0.865. The molecule has 1 atom stereocenters. The molecule has 0 spiro atoms. The first-order valence-electron chi connectivity index (χ1n) is 5.76. The van der Waals surface area contributed by atoms with Crippen LogP contribution in [-0.2, 0) is 18.3 Å². The van der Waals surface area contributed by atoms with E-state index in [1.807, 2.05) is 42.9 Å². The number of nitrogens with zero attached hydrogens (tertiary/aromatic N) is 2. The van der Waals surface area contributed by atoms with Gasteiger partial charge in [-0.3, -0.25) is 9.48 Å². The topological polar surface area (TPSA) is 60.9 Å². The number of aryl methyl sites for hydroxylation is 1. The van der Waals surface area contributed by atoms with Crippen LogP contribution in [0.5, 0.6) is 0 Å². The van der Waals surface area contributed by atoms with E-state index in [2.05, 4.69) is 5.10 Å². The second-order valence-electron chi connectivity index (χ2n) is 4.48. The van der Waals surface area contributed by atoms with Gasteiger partial charge in [0.15, 0.2) is 0 Å². The molecule has 0 aliphatic heterocycles. The van der Waals surface area contributed by atoms with Crippen molar-refractivity contribution >= 4 is 16.7 Å². The summed E-state index contributed by atoms with van der Waals surface area (Å²) in [6, 6.07) is 7.84. The summed E-state index contributed by atoms with van der Waals surface area (Å²) in [6.45, 7) is 1.84. The van der Waals surface area contributed by atoms with Crippen LogP contribution in [-0.4, -0.2) is 21.6 Å². The normalized spacial score (nSPS) is 12.9. The lowest BCUT2D eigenvalue weighted by Gasteiger charge is -2.02. The number of aromatic nitrogens is 2. The van der Waals surface area contributed by atoms with Crippen LogP contribution in [0.15, 0.2) is 24.3 Å². The minimum absolute atomic E-state index is 0.0857. The van der Waals surface area contributed by atoms with Crippen LogP contribution in [0.25, 0.3) is 10.9 Å². The molecule has 0 saturated carbocycles. The Balaban J connectivity index is 2.27. The molecule has 2 rings (SSSR count). The largest absolute Gasteiger partial charge is 0.328 e. The molecule has 4 heteroatoms. The van der Waals surface area contributed by atoms with Gasteiger partial charge in [-0.15, -0.1) is 0 Å². The standard InChI is InChI=1S/C13H17N3O/c1-9(14)7-10(17)8-12-11-5-3-4-6-13(11)16(2)15-12/h3-6,9H,7-8,14H2,1-2H3. The Hall–Kier alpha value is -1.68. The van der Waals surface area contributed by atoms with Crippen molar-refractivity contribution in [2.45, 2.75) is 25.8 Å². The second kappa shape index (κ2) is 4.67. The second-order valence-corrected chi connectivity index (χ2v) is 4.48. The van der Waals surface area contributed by atoms with E-state index in [4.69, 9.17) is 5.73 Å². The predicted molar refractivity (Wildman–Crippen MR) is 67.7 cm³/mol. The third-order valence-corrected chi connectivity index (χ3v) is 2.75. The van der Waals surface area contributed by atoms with Crippen LogP contribution in [0.3, 0.4) is 0 Å². The van der Waals surface area contributed by atoms with E-state index in [0.717, 1.165) is 16.6 Å². The molecule has 0 fully saturated rings. The van der Waals surface area contributed by atoms with Crippen molar-refractivity contribution < 1.29 is 4.79 Å². The molecule has 0 aliphatic rings. The molecule has 0 aliphatic carbocycles. The van der Waals surface area contributed by atoms with E-state index in [1.165, 1.54) is 0 Å². The monoisotopic (exact) mass is 231 g/mol. The smallest absolute Gasteiger partial charge is 0.140 e. The first kappa shape index (κ1) is 11.8. The number of benzene rings is 1. The maximum atomic E-state index is 11.7. The summed E-state index contributed by atoms with van der Waals surface area (Å²) in [5.41, 5.74) is 7.51. The lowest BCUT2D eigenvalue weighted by molar-refractivity contribution is -0.118. The zero-order valence-corrected chi connectivity index (χ0v) is 10.2. The molecule has 1 aromatic carbocycles. The summed E-state index contributed by atoms with van der Waals surface area (Å²) in [4.78, 5) is 11.7. The van der Waals surface area contributed by atoms with Crippen molar-refractivity contribution in [3.8, 4) is 0 Å². The van der Waals surface area contributed by atoms with Crippen molar-refractivity contribution in [2.24, 2.45) is 12.8 Å². The average molecular weight is 231 g/mol. The predicted octanol–water partition coefficient (Wildman–Crippen LogP) is 1.42. The summed E-state index contributed by atoms with van der Waals surface area (Å²) in [6.07, 6.45) is 0.772. The van der Waals surface area contributed by atoms with Gasteiger partial charge in [-0.25, -0.2) is 0 Å². The molecule has 2 aromatic rings. The number of rotatable bonds is 4. The third kappa shape index (κ3) is 2.53. The number of ketones is 1. The number of fused-ring (bicyclic) bond motifs is 1. The number of Topliss-reactive ketones (excluding diaryl/α,β-unsaturated/α-hetero) is 1. The Kier molecular flexibility index (Phi) is 3.24. The summed E-state index contributed by atoms with van der Waals surface area (Å²) in [7, 11) is 1.89. The van der Waals surface area contributed by atoms with Gasteiger partial charge in [-0.05, 0) is 13.0 Å². The fourth-order valence-electron chi connectivity index (χ4n) is 2.04. The average Bonchev–Trinajstić information content (AvgIpc) is 2.55. The van der Waals surface area contributed by atoms with Crippen molar-refractivity contribution in [1.82, 2.24) is 9.78 Å². The van der Waals surface area contributed by atoms with Crippen molar-refractivity contribution in [1.29, 1.82) is 0 Å². The molecule has 90 valence electrons.